The minimum atomic E-state index is 0.148. The summed E-state index contributed by atoms with van der Waals surface area (Å²) in [6, 6.07) is 6.71. The lowest BCUT2D eigenvalue weighted by Gasteiger charge is -2.13. The Morgan fingerprint density at radius 2 is 2.05 bits per heavy atom. The van der Waals surface area contributed by atoms with Crippen molar-refractivity contribution >= 4 is 0 Å². The molecule has 1 unspecified atom stereocenters. The van der Waals surface area contributed by atoms with Crippen LogP contribution >= 0.6 is 0 Å². The van der Waals surface area contributed by atoms with Gasteiger partial charge in [-0.05, 0) is 50.3 Å². The topological polar surface area (TPSA) is 43.8 Å². The van der Waals surface area contributed by atoms with Crippen LogP contribution in [0.25, 0.3) is 0 Å². The van der Waals surface area contributed by atoms with Gasteiger partial charge < -0.3 is 5.73 Å². The van der Waals surface area contributed by atoms with Gasteiger partial charge in [0, 0.05) is 18.8 Å². The van der Waals surface area contributed by atoms with Gasteiger partial charge in [0.05, 0.1) is 6.20 Å². The van der Waals surface area contributed by atoms with Crippen molar-refractivity contribution in [2.45, 2.75) is 46.2 Å². The van der Waals surface area contributed by atoms with Gasteiger partial charge in [0.2, 0.25) is 0 Å². The van der Waals surface area contributed by atoms with Crippen LogP contribution in [-0.4, -0.2) is 15.8 Å². The standard InChI is InChI=1S/C16H23N3/c1-4-19-11-14(10-18-19)8-16(17)9-15-7-12(2)5-6-13(15)3/h5-7,10-11,16H,4,8-9,17H2,1-3H3. The van der Waals surface area contributed by atoms with Gasteiger partial charge in [-0.25, -0.2) is 0 Å². The Hall–Kier alpha value is -1.61. The van der Waals surface area contributed by atoms with Crippen molar-refractivity contribution < 1.29 is 0 Å². The van der Waals surface area contributed by atoms with E-state index >= 15 is 0 Å². The molecule has 0 aliphatic rings. The molecule has 2 rings (SSSR count). The van der Waals surface area contributed by atoms with Crippen LogP contribution in [0.2, 0.25) is 0 Å². The lowest BCUT2D eigenvalue weighted by molar-refractivity contribution is 0.650. The highest BCUT2D eigenvalue weighted by atomic mass is 15.3. The highest BCUT2D eigenvalue weighted by molar-refractivity contribution is 5.31. The maximum Gasteiger partial charge on any atom is 0.0522 e. The van der Waals surface area contributed by atoms with E-state index < -0.39 is 0 Å². The predicted octanol–water partition coefficient (Wildman–Crippen LogP) is 2.63. The van der Waals surface area contributed by atoms with Crippen molar-refractivity contribution in [1.29, 1.82) is 0 Å². The Kier molecular flexibility index (Phi) is 4.38. The molecule has 1 heterocycles. The molecule has 0 saturated heterocycles. The first kappa shape index (κ1) is 13.8. The fourth-order valence-corrected chi connectivity index (χ4v) is 2.36. The van der Waals surface area contributed by atoms with Gasteiger partial charge in [0.25, 0.3) is 0 Å². The zero-order chi connectivity index (χ0) is 13.8. The molecule has 0 fully saturated rings. The van der Waals surface area contributed by atoms with Crippen molar-refractivity contribution in [2.24, 2.45) is 5.73 Å². The van der Waals surface area contributed by atoms with Gasteiger partial charge in [-0.2, -0.15) is 5.10 Å². The van der Waals surface area contributed by atoms with E-state index in [1.807, 2.05) is 10.9 Å². The number of nitrogens with two attached hydrogens (primary N) is 1. The molecule has 1 aromatic carbocycles. The molecular weight excluding hydrogens is 234 g/mol. The summed E-state index contributed by atoms with van der Waals surface area (Å²) in [5.41, 5.74) is 11.5. The molecular formula is C16H23N3. The lowest BCUT2D eigenvalue weighted by atomic mass is 9.96. The second kappa shape index (κ2) is 6.02. The molecule has 2 N–H and O–H groups in total. The van der Waals surface area contributed by atoms with Crippen LogP contribution in [-0.2, 0) is 19.4 Å². The lowest BCUT2D eigenvalue weighted by Crippen LogP contribution is -2.25. The van der Waals surface area contributed by atoms with Crippen molar-refractivity contribution in [1.82, 2.24) is 9.78 Å². The summed E-state index contributed by atoms with van der Waals surface area (Å²) in [7, 11) is 0. The van der Waals surface area contributed by atoms with Crippen LogP contribution < -0.4 is 5.73 Å². The molecule has 1 atom stereocenters. The third kappa shape index (κ3) is 3.67. The Bertz CT molecular complexity index is 543. The van der Waals surface area contributed by atoms with Crippen LogP contribution in [0.5, 0.6) is 0 Å². The summed E-state index contributed by atoms with van der Waals surface area (Å²) in [6.45, 7) is 7.27. The van der Waals surface area contributed by atoms with Gasteiger partial charge in [0.1, 0.15) is 0 Å². The van der Waals surface area contributed by atoms with E-state index in [1.165, 1.54) is 22.3 Å². The van der Waals surface area contributed by atoms with E-state index in [4.69, 9.17) is 5.73 Å². The minimum Gasteiger partial charge on any atom is -0.327 e. The molecule has 3 heteroatoms. The number of hydrogen-bond donors (Lipinski definition) is 1. The first-order chi connectivity index (χ1) is 9.08. The number of aromatic nitrogens is 2. The number of hydrogen-bond acceptors (Lipinski definition) is 2. The molecule has 1 aromatic heterocycles. The average molecular weight is 257 g/mol. The molecule has 0 aliphatic carbocycles. The van der Waals surface area contributed by atoms with Gasteiger partial charge in [-0.1, -0.05) is 23.8 Å². The van der Waals surface area contributed by atoms with E-state index in [1.54, 1.807) is 0 Å². The molecule has 0 saturated carbocycles. The van der Waals surface area contributed by atoms with Gasteiger partial charge >= 0.3 is 0 Å². The Labute approximate surface area is 115 Å². The van der Waals surface area contributed by atoms with E-state index in [9.17, 15) is 0 Å². The number of nitrogens with zero attached hydrogens (tertiary/aromatic N) is 2. The summed E-state index contributed by atoms with van der Waals surface area (Å²) in [5.74, 6) is 0. The quantitative estimate of drug-likeness (QED) is 0.895. The first-order valence-corrected chi connectivity index (χ1v) is 6.91. The zero-order valence-electron chi connectivity index (χ0n) is 12.1. The van der Waals surface area contributed by atoms with Crippen molar-refractivity contribution in [3.8, 4) is 0 Å². The molecule has 0 bridgehead atoms. The fraction of sp³-hybridized carbons (Fsp3) is 0.438. The number of rotatable bonds is 5. The van der Waals surface area contributed by atoms with Crippen LogP contribution in [0.1, 0.15) is 29.2 Å². The summed E-state index contributed by atoms with van der Waals surface area (Å²) in [4.78, 5) is 0. The van der Waals surface area contributed by atoms with Crippen molar-refractivity contribution in [3.63, 3.8) is 0 Å². The van der Waals surface area contributed by atoms with E-state index in [0.29, 0.717) is 0 Å². The molecule has 19 heavy (non-hydrogen) atoms. The highest BCUT2D eigenvalue weighted by Gasteiger charge is 2.09. The van der Waals surface area contributed by atoms with Crippen LogP contribution in [0.15, 0.2) is 30.6 Å². The van der Waals surface area contributed by atoms with E-state index in [2.05, 4.69) is 50.3 Å². The van der Waals surface area contributed by atoms with Crippen molar-refractivity contribution in [2.75, 3.05) is 0 Å². The normalized spacial score (nSPS) is 12.6. The molecule has 3 nitrogen and oxygen atoms in total. The fourth-order valence-electron chi connectivity index (χ4n) is 2.36. The molecule has 0 spiro atoms. The van der Waals surface area contributed by atoms with Crippen LogP contribution in [0, 0.1) is 13.8 Å². The molecule has 2 aromatic rings. The maximum atomic E-state index is 6.27. The predicted molar refractivity (Wildman–Crippen MR) is 79.2 cm³/mol. The Balaban J connectivity index is 2.00. The summed E-state index contributed by atoms with van der Waals surface area (Å²) in [5, 5.41) is 4.29. The van der Waals surface area contributed by atoms with Crippen LogP contribution in [0.3, 0.4) is 0 Å². The third-order valence-electron chi connectivity index (χ3n) is 3.50. The first-order valence-electron chi connectivity index (χ1n) is 6.91. The maximum absolute atomic E-state index is 6.27. The third-order valence-corrected chi connectivity index (χ3v) is 3.50. The van der Waals surface area contributed by atoms with E-state index in [0.717, 1.165) is 19.4 Å². The Morgan fingerprint density at radius 1 is 1.26 bits per heavy atom. The average Bonchev–Trinajstić information content (AvgIpc) is 2.81. The number of aryl methyl sites for hydroxylation is 3. The van der Waals surface area contributed by atoms with Crippen molar-refractivity contribution in [3.05, 3.63) is 52.8 Å². The number of benzene rings is 1. The van der Waals surface area contributed by atoms with Gasteiger partial charge in [-0.3, -0.25) is 4.68 Å². The van der Waals surface area contributed by atoms with Gasteiger partial charge in [-0.15, -0.1) is 0 Å². The molecule has 0 radical (unpaired) electrons. The SMILES string of the molecule is CCn1cc(CC(N)Cc2cc(C)ccc2C)cn1. The summed E-state index contributed by atoms with van der Waals surface area (Å²) in [6.07, 6.45) is 5.81. The Morgan fingerprint density at radius 3 is 2.74 bits per heavy atom. The van der Waals surface area contributed by atoms with E-state index in [-0.39, 0.29) is 6.04 Å². The largest absolute Gasteiger partial charge is 0.327 e. The highest BCUT2D eigenvalue weighted by Crippen LogP contribution is 2.14. The minimum absolute atomic E-state index is 0.148. The molecule has 0 amide bonds. The van der Waals surface area contributed by atoms with Crippen LogP contribution in [0.4, 0.5) is 0 Å². The summed E-state index contributed by atoms with van der Waals surface area (Å²) >= 11 is 0. The van der Waals surface area contributed by atoms with Gasteiger partial charge in [0.15, 0.2) is 0 Å². The molecule has 102 valence electrons. The monoisotopic (exact) mass is 257 g/mol. The second-order valence-corrected chi connectivity index (χ2v) is 5.30. The second-order valence-electron chi connectivity index (χ2n) is 5.30. The smallest absolute Gasteiger partial charge is 0.0522 e. The molecule has 0 aliphatic heterocycles. The summed E-state index contributed by atoms with van der Waals surface area (Å²) < 4.78 is 1.94. The zero-order valence-corrected chi connectivity index (χ0v) is 12.1.